The summed E-state index contributed by atoms with van der Waals surface area (Å²) in [5.41, 5.74) is 0.786. The van der Waals surface area contributed by atoms with Gasteiger partial charge >= 0.3 is 0 Å². The predicted octanol–water partition coefficient (Wildman–Crippen LogP) is 3.43. The Bertz CT molecular complexity index is 833. The van der Waals surface area contributed by atoms with Crippen molar-refractivity contribution < 1.29 is 14.0 Å². The van der Waals surface area contributed by atoms with Crippen LogP contribution in [0.5, 0.6) is 0 Å². The van der Waals surface area contributed by atoms with E-state index in [0.717, 1.165) is 35.7 Å². The van der Waals surface area contributed by atoms with Gasteiger partial charge in [0.05, 0.1) is 0 Å². The number of rotatable bonds is 3. The van der Waals surface area contributed by atoms with E-state index >= 15 is 0 Å². The summed E-state index contributed by atoms with van der Waals surface area (Å²) in [5.74, 6) is 0.533. The number of halogens is 1. The molecule has 0 aliphatic heterocycles. The van der Waals surface area contributed by atoms with Crippen LogP contribution >= 0.6 is 0 Å². The molecular weight excluding hydrogens is 297 g/mol. The molecule has 0 radical (unpaired) electrons. The normalized spacial score (nSPS) is 17.7. The monoisotopic (exact) mass is 315 g/mol. The Morgan fingerprint density at radius 1 is 1.26 bits per heavy atom. The topological polar surface area (TPSA) is 74.9 Å². The third-order valence-electron chi connectivity index (χ3n) is 4.62. The van der Waals surface area contributed by atoms with Crippen molar-refractivity contribution in [1.29, 1.82) is 0 Å². The maximum Gasteiger partial charge on any atom is 0.258 e. The molecule has 3 aromatic rings. The zero-order valence-electron chi connectivity index (χ0n) is 12.7. The van der Waals surface area contributed by atoms with Crippen LogP contribution in [-0.4, -0.2) is 20.2 Å². The van der Waals surface area contributed by atoms with Gasteiger partial charge in [0.15, 0.2) is 5.82 Å². The maximum atomic E-state index is 13.4. The van der Waals surface area contributed by atoms with E-state index in [1.165, 1.54) is 12.1 Å². The molecule has 1 fully saturated rings. The number of aromatic amines is 1. The van der Waals surface area contributed by atoms with Crippen LogP contribution in [0.25, 0.3) is 10.9 Å². The number of aromatic nitrogens is 3. The van der Waals surface area contributed by atoms with Gasteiger partial charge < -0.3 is 14.6 Å². The van der Waals surface area contributed by atoms with E-state index < -0.39 is 5.60 Å². The van der Waals surface area contributed by atoms with Gasteiger partial charge in [-0.15, -0.1) is 0 Å². The SMILES string of the molecule is OC1(c2nc(Cc3c[nH]c4ccc(F)cc34)no2)CCCCC1. The summed E-state index contributed by atoms with van der Waals surface area (Å²) in [7, 11) is 0. The van der Waals surface area contributed by atoms with Gasteiger partial charge in [-0.2, -0.15) is 4.98 Å². The average molecular weight is 315 g/mol. The molecule has 0 atom stereocenters. The van der Waals surface area contributed by atoms with E-state index in [1.54, 1.807) is 6.07 Å². The molecule has 120 valence electrons. The fourth-order valence-corrected chi connectivity index (χ4v) is 3.33. The number of hydrogen-bond acceptors (Lipinski definition) is 4. The molecule has 0 saturated heterocycles. The summed E-state index contributed by atoms with van der Waals surface area (Å²) in [5, 5.41) is 15.4. The minimum Gasteiger partial charge on any atom is -0.380 e. The second-order valence-corrected chi connectivity index (χ2v) is 6.29. The molecule has 23 heavy (non-hydrogen) atoms. The van der Waals surface area contributed by atoms with Gasteiger partial charge in [0.2, 0.25) is 0 Å². The van der Waals surface area contributed by atoms with Gasteiger partial charge in [-0.3, -0.25) is 0 Å². The van der Waals surface area contributed by atoms with Crippen LogP contribution in [0.4, 0.5) is 4.39 Å². The number of aliphatic hydroxyl groups is 1. The van der Waals surface area contributed by atoms with Crippen molar-refractivity contribution in [2.45, 2.75) is 44.1 Å². The first-order chi connectivity index (χ1) is 11.1. The third kappa shape index (κ3) is 2.63. The van der Waals surface area contributed by atoms with Crippen LogP contribution in [0.3, 0.4) is 0 Å². The van der Waals surface area contributed by atoms with Gasteiger partial charge in [0.25, 0.3) is 5.89 Å². The van der Waals surface area contributed by atoms with Gasteiger partial charge in [-0.05, 0) is 36.6 Å². The maximum absolute atomic E-state index is 13.4. The largest absolute Gasteiger partial charge is 0.380 e. The Morgan fingerprint density at radius 3 is 2.91 bits per heavy atom. The summed E-state index contributed by atoms with van der Waals surface area (Å²) in [6.45, 7) is 0. The fourth-order valence-electron chi connectivity index (χ4n) is 3.33. The molecule has 4 rings (SSSR count). The minimum absolute atomic E-state index is 0.274. The van der Waals surface area contributed by atoms with Crippen molar-refractivity contribution in [2.24, 2.45) is 0 Å². The molecule has 2 heterocycles. The van der Waals surface area contributed by atoms with Crippen LogP contribution in [0, 0.1) is 5.82 Å². The van der Waals surface area contributed by atoms with E-state index in [-0.39, 0.29) is 5.82 Å². The zero-order chi connectivity index (χ0) is 15.9. The Morgan fingerprint density at radius 2 is 2.09 bits per heavy atom. The first-order valence-electron chi connectivity index (χ1n) is 7.95. The molecule has 5 nitrogen and oxygen atoms in total. The standard InChI is InChI=1S/C17H18FN3O2/c18-12-4-5-14-13(9-12)11(10-19-14)8-15-20-16(23-21-15)17(22)6-2-1-3-7-17/h4-5,9-10,19,22H,1-3,6-8H2. The molecule has 0 amide bonds. The predicted molar refractivity (Wildman–Crippen MR) is 82.3 cm³/mol. The Hall–Kier alpha value is -2.21. The van der Waals surface area contributed by atoms with Crippen molar-refractivity contribution in [3.8, 4) is 0 Å². The molecular formula is C17H18FN3O2. The molecule has 1 saturated carbocycles. The average Bonchev–Trinajstić information content (AvgIpc) is 3.17. The summed E-state index contributed by atoms with van der Waals surface area (Å²) in [4.78, 5) is 7.49. The molecule has 2 aromatic heterocycles. The minimum atomic E-state index is -0.990. The van der Waals surface area contributed by atoms with E-state index in [4.69, 9.17) is 4.52 Å². The second kappa shape index (κ2) is 5.45. The number of benzene rings is 1. The molecule has 6 heteroatoms. The quantitative estimate of drug-likeness (QED) is 0.776. The lowest BCUT2D eigenvalue weighted by Gasteiger charge is -2.27. The fraction of sp³-hybridized carbons (Fsp3) is 0.412. The van der Waals surface area contributed by atoms with Crippen molar-refractivity contribution in [3.63, 3.8) is 0 Å². The molecule has 2 N–H and O–H groups in total. The van der Waals surface area contributed by atoms with Gasteiger partial charge in [0.1, 0.15) is 11.4 Å². The Labute approximate surface area is 132 Å². The molecule has 1 aliphatic carbocycles. The van der Waals surface area contributed by atoms with Crippen LogP contribution in [-0.2, 0) is 12.0 Å². The number of fused-ring (bicyclic) bond motifs is 1. The number of hydrogen-bond donors (Lipinski definition) is 2. The number of nitrogens with zero attached hydrogens (tertiary/aromatic N) is 2. The highest BCUT2D eigenvalue weighted by Gasteiger charge is 2.36. The second-order valence-electron chi connectivity index (χ2n) is 6.29. The Kier molecular flexibility index (Phi) is 3.41. The molecule has 1 aromatic carbocycles. The highest BCUT2D eigenvalue weighted by molar-refractivity contribution is 5.83. The lowest BCUT2D eigenvalue weighted by atomic mass is 9.85. The van der Waals surface area contributed by atoms with Gasteiger partial charge in [-0.25, -0.2) is 4.39 Å². The lowest BCUT2D eigenvalue weighted by molar-refractivity contribution is -0.0287. The Balaban J connectivity index is 1.60. The van der Waals surface area contributed by atoms with Crippen LogP contribution in [0.2, 0.25) is 0 Å². The van der Waals surface area contributed by atoms with Crippen molar-refractivity contribution in [2.75, 3.05) is 0 Å². The van der Waals surface area contributed by atoms with E-state index in [1.807, 2.05) is 6.20 Å². The van der Waals surface area contributed by atoms with Gasteiger partial charge in [-0.1, -0.05) is 24.4 Å². The number of nitrogens with one attached hydrogen (secondary N) is 1. The smallest absolute Gasteiger partial charge is 0.258 e. The highest BCUT2D eigenvalue weighted by atomic mass is 19.1. The van der Waals surface area contributed by atoms with Crippen LogP contribution in [0.1, 0.15) is 49.4 Å². The van der Waals surface area contributed by atoms with Crippen molar-refractivity contribution in [3.05, 3.63) is 47.5 Å². The summed E-state index contributed by atoms with van der Waals surface area (Å²) < 4.78 is 18.7. The van der Waals surface area contributed by atoms with E-state index in [0.29, 0.717) is 31.0 Å². The van der Waals surface area contributed by atoms with E-state index in [9.17, 15) is 9.50 Å². The molecule has 0 spiro atoms. The van der Waals surface area contributed by atoms with E-state index in [2.05, 4.69) is 15.1 Å². The number of H-pyrrole nitrogens is 1. The molecule has 0 unspecified atom stereocenters. The summed E-state index contributed by atoms with van der Waals surface area (Å²) in [6.07, 6.45) is 6.65. The van der Waals surface area contributed by atoms with Crippen LogP contribution < -0.4 is 0 Å². The zero-order valence-corrected chi connectivity index (χ0v) is 12.7. The highest BCUT2D eigenvalue weighted by Crippen LogP contribution is 2.36. The molecule has 1 aliphatic rings. The first-order valence-corrected chi connectivity index (χ1v) is 7.95. The summed E-state index contributed by atoms with van der Waals surface area (Å²) in [6, 6.07) is 4.63. The third-order valence-corrected chi connectivity index (χ3v) is 4.62. The van der Waals surface area contributed by atoms with Crippen molar-refractivity contribution in [1.82, 2.24) is 15.1 Å². The first kappa shape index (κ1) is 14.4. The van der Waals surface area contributed by atoms with Gasteiger partial charge in [0, 0.05) is 23.5 Å². The summed E-state index contributed by atoms with van der Waals surface area (Å²) >= 11 is 0. The van der Waals surface area contributed by atoms with Crippen molar-refractivity contribution >= 4 is 10.9 Å². The van der Waals surface area contributed by atoms with Crippen LogP contribution in [0.15, 0.2) is 28.9 Å². The molecule has 0 bridgehead atoms. The lowest BCUT2D eigenvalue weighted by Crippen LogP contribution is -2.28.